The molecule has 0 bridgehead atoms. The monoisotopic (exact) mass is 295 g/mol. The van der Waals surface area contributed by atoms with Crippen molar-refractivity contribution < 1.29 is 0 Å². The first-order valence-electron chi connectivity index (χ1n) is 9.25. The van der Waals surface area contributed by atoms with Crippen LogP contribution < -0.4 is 5.32 Å². The van der Waals surface area contributed by atoms with Crippen LogP contribution in [0, 0.1) is 5.41 Å². The number of likely N-dealkylation sites (N-methyl/N-ethyl adjacent to an activating group) is 1. The van der Waals surface area contributed by atoms with E-state index in [1.54, 1.807) is 0 Å². The average Bonchev–Trinajstić information content (AvgIpc) is 2.48. The van der Waals surface area contributed by atoms with Gasteiger partial charge in [0, 0.05) is 25.7 Å². The molecule has 0 aromatic carbocycles. The van der Waals surface area contributed by atoms with Gasteiger partial charge in [-0.15, -0.1) is 0 Å². The number of likely N-dealkylation sites (tertiary alicyclic amines) is 1. The predicted molar refractivity (Wildman–Crippen MR) is 91.8 cm³/mol. The van der Waals surface area contributed by atoms with Gasteiger partial charge in [0.05, 0.1) is 0 Å². The van der Waals surface area contributed by atoms with E-state index in [9.17, 15) is 0 Å². The molecule has 1 saturated carbocycles. The van der Waals surface area contributed by atoms with Crippen LogP contribution in [0.3, 0.4) is 0 Å². The fourth-order valence-electron chi connectivity index (χ4n) is 4.29. The molecule has 1 unspecified atom stereocenters. The van der Waals surface area contributed by atoms with E-state index in [2.05, 4.69) is 36.1 Å². The second-order valence-electron chi connectivity index (χ2n) is 7.73. The Morgan fingerprint density at radius 3 is 2.57 bits per heavy atom. The van der Waals surface area contributed by atoms with E-state index in [-0.39, 0.29) is 0 Å². The molecule has 21 heavy (non-hydrogen) atoms. The fourth-order valence-corrected chi connectivity index (χ4v) is 4.29. The second kappa shape index (κ2) is 8.50. The van der Waals surface area contributed by atoms with E-state index in [1.165, 1.54) is 84.1 Å². The first-order valence-corrected chi connectivity index (χ1v) is 9.25. The normalized spacial score (nSPS) is 27.1. The standard InChI is InChI=1S/C18H37N3/c1-4-12-19-15-18(10-6-5-7-11-18)16-21-13-8-9-17(14-21)20(2)3/h17,19H,4-16H2,1-3H3. The zero-order valence-corrected chi connectivity index (χ0v) is 14.7. The number of nitrogens with zero attached hydrogens (tertiary/aromatic N) is 2. The first kappa shape index (κ1) is 17.2. The third-order valence-electron chi connectivity index (χ3n) is 5.61. The van der Waals surface area contributed by atoms with Crippen molar-refractivity contribution in [3.8, 4) is 0 Å². The van der Waals surface area contributed by atoms with Gasteiger partial charge in [0.15, 0.2) is 0 Å². The molecular formula is C18H37N3. The lowest BCUT2D eigenvalue weighted by molar-refractivity contribution is 0.0615. The minimum Gasteiger partial charge on any atom is -0.316 e. The van der Waals surface area contributed by atoms with Gasteiger partial charge in [0.1, 0.15) is 0 Å². The Bertz CT molecular complexity index is 284. The second-order valence-corrected chi connectivity index (χ2v) is 7.73. The zero-order valence-electron chi connectivity index (χ0n) is 14.7. The van der Waals surface area contributed by atoms with E-state index in [0.717, 1.165) is 6.04 Å². The molecule has 1 heterocycles. The highest BCUT2D eigenvalue weighted by atomic mass is 15.2. The summed E-state index contributed by atoms with van der Waals surface area (Å²) in [5, 5.41) is 3.73. The van der Waals surface area contributed by atoms with Gasteiger partial charge in [-0.3, -0.25) is 0 Å². The SMILES string of the molecule is CCCNCC1(CN2CCCC(N(C)C)C2)CCCCC1. The van der Waals surface area contributed by atoms with Crippen LogP contribution in [0.5, 0.6) is 0 Å². The summed E-state index contributed by atoms with van der Waals surface area (Å²) in [7, 11) is 4.49. The molecule has 0 aromatic heterocycles. The molecule has 3 heteroatoms. The van der Waals surface area contributed by atoms with Gasteiger partial charge in [0.2, 0.25) is 0 Å². The quantitative estimate of drug-likeness (QED) is 0.729. The Hall–Kier alpha value is -0.120. The van der Waals surface area contributed by atoms with Crippen LogP contribution in [-0.4, -0.2) is 62.7 Å². The van der Waals surface area contributed by atoms with Crippen LogP contribution in [0.1, 0.15) is 58.3 Å². The third kappa shape index (κ3) is 5.22. The molecule has 1 saturated heterocycles. The summed E-state index contributed by atoms with van der Waals surface area (Å²) in [6.07, 6.45) is 11.2. The summed E-state index contributed by atoms with van der Waals surface area (Å²) in [6.45, 7) is 8.62. The predicted octanol–water partition coefficient (Wildman–Crippen LogP) is 2.96. The van der Waals surface area contributed by atoms with Crippen LogP contribution in [0.25, 0.3) is 0 Å². The summed E-state index contributed by atoms with van der Waals surface area (Å²) >= 11 is 0. The molecule has 1 aliphatic heterocycles. The van der Waals surface area contributed by atoms with Crippen LogP contribution >= 0.6 is 0 Å². The molecule has 0 spiro atoms. The van der Waals surface area contributed by atoms with Crippen molar-refractivity contribution in [1.82, 2.24) is 15.1 Å². The van der Waals surface area contributed by atoms with E-state index in [4.69, 9.17) is 0 Å². The van der Waals surface area contributed by atoms with Crippen LogP contribution in [0.15, 0.2) is 0 Å². The zero-order chi connectivity index (χ0) is 15.1. The summed E-state index contributed by atoms with van der Waals surface area (Å²) < 4.78 is 0. The lowest BCUT2D eigenvalue weighted by atomic mass is 9.73. The Morgan fingerprint density at radius 1 is 1.14 bits per heavy atom. The average molecular weight is 296 g/mol. The van der Waals surface area contributed by atoms with Crippen molar-refractivity contribution >= 4 is 0 Å². The molecule has 0 radical (unpaired) electrons. The Labute approximate surface area is 132 Å². The van der Waals surface area contributed by atoms with Crippen molar-refractivity contribution in [3.63, 3.8) is 0 Å². The van der Waals surface area contributed by atoms with Crippen LogP contribution in [-0.2, 0) is 0 Å². The van der Waals surface area contributed by atoms with Gasteiger partial charge in [-0.1, -0.05) is 26.2 Å². The lowest BCUT2D eigenvalue weighted by Gasteiger charge is -2.44. The summed E-state index contributed by atoms with van der Waals surface area (Å²) in [5.74, 6) is 0. The first-order chi connectivity index (χ1) is 10.2. The van der Waals surface area contributed by atoms with E-state index < -0.39 is 0 Å². The Balaban J connectivity index is 1.90. The number of hydrogen-bond donors (Lipinski definition) is 1. The van der Waals surface area contributed by atoms with Gasteiger partial charge in [-0.05, 0) is 64.7 Å². The highest BCUT2D eigenvalue weighted by molar-refractivity contribution is 4.90. The largest absolute Gasteiger partial charge is 0.316 e. The molecule has 2 rings (SSSR count). The number of rotatable bonds is 7. The van der Waals surface area contributed by atoms with Gasteiger partial charge < -0.3 is 15.1 Å². The summed E-state index contributed by atoms with van der Waals surface area (Å²) in [6, 6.07) is 0.767. The van der Waals surface area contributed by atoms with E-state index in [1.807, 2.05) is 0 Å². The molecule has 2 fully saturated rings. The molecule has 1 N–H and O–H groups in total. The van der Waals surface area contributed by atoms with Crippen molar-refractivity contribution in [3.05, 3.63) is 0 Å². The maximum absolute atomic E-state index is 3.73. The summed E-state index contributed by atoms with van der Waals surface area (Å²) in [5.41, 5.74) is 0.557. The molecule has 3 nitrogen and oxygen atoms in total. The maximum Gasteiger partial charge on any atom is 0.0217 e. The van der Waals surface area contributed by atoms with Crippen molar-refractivity contribution in [2.24, 2.45) is 5.41 Å². The molecule has 2 aliphatic rings. The third-order valence-corrected chi connectivity index (χ3v) is 5.61. The van der Waals surface area contributed by atoms with Gasteiger partial charge >= 0.3 is 0 Å². The van der Waals surface area contributed by atoms with Crippen molar-refractivity contribution in [2.75, 3.05) is 46.8 Å². The van der Waals surface area contributed by atoms with Gasteiger partial charge in [-0.25, -0.2) is 0 Å². The van der Waals surface area contributed by atoms with Gasteiger partial charge in [0.25, 0.3) is 0 Å². The molecule has 124 valence electrons. The van der Waals surface area contributed by atoms with E-state index in [0.29, 0.717) is 5.41 Å². The Kier molecular flexibility index (Phi) is 6.97. The Morgan fingerprint density at radius 2 is 1.90 bits per heavy atom. The highest BCUT2D eigenvalue weighted by Gasteiger charge is 2.35. The smallest absolute Gasteiger partial charge is 0.0217 e. The number of nitrogens with one attached hydrogen (secondary N) is 1. The molecule has 0 amide bonds. The summed E-state index contributed by atoms with van der Waals surface area (Å²) in [4.78, 5) is 5.20. The lowest BCUT2D eigenvalue weighted by Crippen LogP contribution is -2.51. The van der Waals surface area contributed by atoms with Crippen LogP contribution in [0.2, 0.25) is 0 Å². The van der Waals surface area contributed by atoms with Crippen LogP contribution in [0.4, 0.5) is 0 Å². The molecule has 1 aliphatic carbocycles. The maximum atomic E-state index is 3.73. The highest BCUT2D eigenvalue weighted by Crippen LogP contribution is 2.37. The van der Waals surface area contributed by atoms with Crippen molar-refractivity contribution in [1.29, 1.82) is 0 Å². The molecule has 0 aromatic rings. The minimum atomic E-state index is 0.557. The van der Waals surface area contributed by atoms with Crippen molar-refractivity contribution in [2.45, 2.75) is 64.3 Å². The topological polar surface area (TPSA) is 18.5 Å². The molecule has 1 atom stereocenters. The minimum absolute atomic E-state index is 0.557. The van der Waals surface area contributed by atoms with Gasteiger partial charge in [-0.2, -0.15) is 0 Å². The molecular weight excluding hydrogens is 258 g/mol. The number of hydrogen-bond acceptors (Lipinski definition) is 3. The number of piperidine rings is 1. The fraction of sp³-hybridized carbons (Fsp3) is 1.00. The van der Waals surface area contributed by atoms with E-state index >= 15 is 0 Å².